The van der Waals surface area contributed by atoms with E-state index in [2.05, 4.69) is 12.6 Å². The van der Waals surface area contributed by atoms with Crippen molar-refractivity contribution in [3.8, 4) is 0 Å². The number of hydrogen-bond acceptors (Lipinski definition) is 3. The Balaban J connectivity index is 0. The normalized spacial score (nSPS) is 8.75. The summed E-state index contributed by atoms with van der Waals surface area (Å²) in [6.45, 7) is 0. The quantitative estimate of drug-likeness (QED) is 0.426. The molecule has 0 aromatic rings. The topological polar surface area (TPSA) is 34.1 Å². The van der Waals surface area contributed by atoms with Gasteiger partial charge in [0.05, 0.1) is 0 Å². The van der Waals surface area contributed by atoms with Crippen LogP contribution in [0, 0.1) is 0 Å². The van der Waals surface area contributed by atoms with Crippen molar-refractivity contribution in [3.63, 3.8) is 0 Å². The molecule has 0 aliphatic carbocycles. The predicted molar refractivity (Wildman–Crippen MR) is 40.8 cm³/mol. The van der Waals surface area contributed by atoms with Gasteiger partial charge >= 0.3 is 29.6 Å². The van der Waals surface area contributed by atoms with E-state index in [1.54, 1.807) is 0 Å². The second-order valence-electron chi connectivity index (χ2n) is 1.13. The van der Waals surface area contributed by atoms with Gasteiger partial charge in [-0.15, -0.1) is 0 Å². The van der Waals surface area contributed by atoms with Gasteiger partial charge in [-0.25, -0.2) is 8.42 Å². The summed E-state index contributed by atoms with van der Waals surface area (Å²) in [5, 5.41) is 0. The Kier molecular flexibility index (Phi) is 12.5. The first-order valence-corrected chi connectivity index (χ1v) is 3.99. The Bertz CT molecular complexity index is 93.5. The Morgan fingerprint density at radius 3 is 2.00 bits per heavy atom. The van der Waals surface area contributed by atoms with Crippen LogP contribution < -0.4 is 0 Å². The molecule has 0 amide bonds. The zero-order chi connectivity index (χ0) is 5.70. The van der Waals surface area contributed by atoms with Gasteiger partial charge in [0, 0.05) is 5.75 Å². The summed E-state index contributed by atoms with van der Waals surface area (Å²) in [6.07, 6.45) is 0.668. The van der Waals surface area contributed by atoms with Crippen molar-refractivity contribution >= 4 is 52.9 Å². The van der Waals surface area contributed by atoms with Crippen LogP contribution in [0.3, 0.4) is 0 Å². The maximum absolute atomic E-state index is 9.76. The van der Waals surface area contributed by atoms with Crippen LogP contribution in [-0.2, 0) is 10.7 Å². The fourth-order valence-electron chi connectivity index (χ4n) is 0.200. The summed E-state index contributed by atoms with van der Waals surface area (Å²) in [5.41, 5.74) is 0. The van der Waals surface area contributed by atoms with Crippen LogP contribution in [-0.4, -0.2) is 49.5 Å². The molecular weight excluding hydrogens is 155 g/mol. The fourth-order valence-corrected chi connectivity index (χ4v) is 1.02. The number of thiol groups is 2. The summed E-state index contributed by atoms with van der Waals surface area (Å²) in [7, 11) is -2.16. The van der Waals surface area contributed by atoms with Gasteiger partial charge in [0.2, 0.25) is 0 Å². The standard InChI is InChI=1S/C3H8O2S2.Na.H/c4-7(5)3-1-2-6;;/h6-7H,1-3H2;;. The van der Waals surface area contributed by atoms with Crippen LogP contribution in [0.5, 0.6) is 0 Å². The third-order valence-corrected chi connectivity index (χ3v) is 1.50. The van der Waals surface area contributed by atoms with Gasteiger partial charge in [0.15, 0.2) is 0 Å². The molecule has 0 saturated carbocycles. The minimum absolute atomic E-state index is 0. The molecule has 0 aliphatic rings. The van der Waals surface area contributed by atoms with Gasteiger partial charge in [0.25, 0.3) is 0 Å². The fraction of sp³-hybridized carbons (Fsp3) is 1.00. The van der Waals surface area contributed by atoms with Gasteiger partial charge in [-0.2, -0.15) is 12.6 Å². The molecule has 0 unspecified atom stereocenters. The van der Waals surface area contributed by atoms with Gasteiger partial charge in [-0.1, -0.05) is 0 Å². The van der Waals surface area contributed by atoms with E-state index in [0.717, 1.165) is 0 Å². The first-order valence-electron chi connectivity index (χ1n) is 2.00. The van der Waals surface area contributed by atoms with E-state index in [-0.39, 0.29) is 35.3 Å². The monoisotopic (exact) mass is 164 g/mol. The molecule has 0 aliphatic heterocycles. The predicted octanol–water partition coefficient (Wildman–Crippen LogP) is -0.731. The molecule has 0 spiro atoms. The van der Waals surface area contributed by atoms with Gasteiger partial charge in [0.1, 0.15) is 10.7 Å². The zero-order valence-electron chi connectivity index (χ0n) is 3.83. The minimum atomic E-state index is -2.16. The number of hydrogen-bond donors (Lipinski definition) is 2. The molecule has 0 atom stereocenters. The van der Waals surface area contributed by atoms with Crippen LogP contribution in [0.25, 0.3) is 0 Å². The van der Waals surface area contributed by atoms with Crippen molar-refractivity contribution in [2.45, 2.75) is 6.42 Å². The second kappa shape index (κ2) is 8.30. The Morgan fingerprint density at radius 1 is 1.38 bits per heavy atom. The molecule has 0 heterocycles. The summed E-state index contributed by atoms with van der Waals surface area (Å²) in [4.78, 5) is 0. The van der Waals surface area contributed by atoms with E-state index in [1.807, 2.05) is 0 Å². The van der Waals surface area contributed by atoms with E-state index >= 15 is 0 Å². The number of rotatable bonds is 3. The molecule has 46 valence electrons. The third kappa shape index (κ3) is 10.3. The molecule has 0 saturated heterocycles. The Hall–Kier alpha value is 1.30. The first-order chi connectivity index (χ1) is 3.27. The van der Waals surface area contributed by atoms with Crippen molar-refractivity contribution in [2.24, 2.45) is 0 Å². The molecule has 0 rings (SSSR count). The molecule has 0 radical (unpaired) electrons. The van der Waals surface area contributed by atoms with Gasteiger partial charge < -0.3 is 0 Å². The molecular formula is C3H9NaO2S2. The maximum atomic E-state index is 9.76. The molecule has 0 aromatic heterocycles. The van der Waals surface area contributed by atoms with Crippen molar-refractivity contribution < 1.29 is 8.42 Å². The van der Waals surface area contributed by atoms with Crippen molar-refractivity contribution in [1.29, 1.82) is 0 Å². The van der Waals surface area contributed by atoms with E-state index in [1.165, 1.54) is 0 Å². The van der Waals surface area contributed by atoms with E-state index in [4.69, 9.17) is 0 Å². The zero-order valence-corrected chi connectivity index (χ0v) is 5.62. The summed E-state index contributed by atoms with van der Waals surface area (Å²) >= 11 is 3.83. The molecule has 8 heavy (non-hydrogen) atoms. The molecule has 5 heteroatoms. The first kappa shape index (κ1) is 12.0. The second-order valence-corrected chi connectivity index (χ2v) is 2.69. The van der Waals surface area contributed by atoms with E-state index in [0.29, 0.717) is 12.2 Å². The Morgan fingerprint density at radius 2 is 1.88 bits per heavy atom. The van der Waals surface area contributed by atoms with Crippen molar-refractivity contribution in [1.82, 2.24) is 0 Å². The van der Waals surface area contributed by atoms with Crippen LogP contribution in [0.1, 0.15) is 6.42 Å². The Labute approximate surface area is 78.7 Å². The van der Waals surface area contributed by atoms with Crippen LogP contribution in [0.4, 0.5) is 0 Å². The van der Waals surface area contributed by atoms with Crippen molar-refractivity contribution in [3.05, 3.63) is 0 Å². The van der Waals surface area contributed by atoms with Crippen molar-refractivity contribution in [2.75, 3.05) is 11.5 Å². The SMILES string of the molecule is O=[SH](=O)CCCS.[NaH]. The molecule has 2 nitrogen and oxygen atoms in total. The van der Waals surface area contributed by atoms with Crippen LogP contribution in [0.15, 0.2) is 0 Å². The summed E-state index contributed by atoms with van der Waals surface area (Å²) in [6, 6.07) is 0. The molecule has 0 N–H and O–H groups in total. The van der Waals surface area contributed by atoms with Crippen LogP contribution in [0.2, 0.25) is 0 Å². The molecule has 0 fully saturated rings. The average Bonchev–Trinajstić information content (AvgIpc) is 1.61. The third-order valence-electron chi connectivity index (χ3n) is 0.499. The summed E-state index contributed by atoms with van der Waals surface area (Å²) < 4.78 is 19.5. The van der Waals surface area contributed by atoms with Crippen LogP contribution >= 0.6 is 12.6 Å². The average molecular weight is 164 g/mol. The van der Waals surface area contributed by atoms with Gasteiger partial charge in [-0.05, 0) is 12.2 Å². The molecule has 0 aromatic carbocycles. The van der Waals surface area contributed by atoms with E-state index < -0.39 is 10.7 Å². The van der Waals surface area contributed by atoms with Gasteiger partial charge in [-0.3, -0.25) is 0 Å². The van der Waals surface area contributed by atoms with E-state index in [9.17, 15) is 8.42 Å². The summed E-state index contributed by atoms with van der Waals surface area (Å²) in [5.74, 6) is 0.933. The molecule has 0 bridgehead atoms.